The van der Waals surface area contributed by atoms with Gasteiger partial charge in [0, 0.05) is 33.7 Å². The van der Waals surface area contributed by atoms with Crippen molar-refractivity contribution >= 4 is 35.8 Å². The third-order valence-corrected chi connectivity index (χ3v) is 3.99. The SMILES string of the molecule is CN=C(NCC(=O)N(C)CC(F)(F)F)NC1CCc2nc(COC)nn2C1.I. The van der Waals surface area contributed by atoms with E-state index in [2.05, 4.69) is 25.7 Å². The molecule has 0 bridgehead atoms. The van der Waals surface area contributed by atoms with Gasteiger partial charge in [0.05, 0.1) is 13.1 Å². The van der Waals surface area contributed by atoms with E-state index in [-0.39, 0.29) is 36.6 Å². The van der Waals surface area contributed by atoms with Crippen LogP contribution in [0, 0.1) is 0 Å². The molecule has 1 unspecified atom stereocenters. The highest BCUT2D eigenvalue weighted by Gasteiger charge is 2.31. The van der Waals surface area contributed by atoms with Gasteiger partial charge in [0.15, 0.2) is 11.8 Å². The first-order valence-electron chi connectivity index (χ1n) is 8.41. The summed E-state index contributed by atoms with van der Waals surface area (Å²) in [6, 6.07) is 0.00352. The maximum atomic E-state index is 12.3. The lowest BCUT2D eigenvalue weighted by atomic mass is 10.1. The highest BCUT2D eigenvalue weighted by molar-refractivity contribution is 14.0. The van der Waals surface area contributed by atoms with Crippen LogP contribution in [0.4, 0.5) is 13.2 Å². The summed E-state index contributed by atoms with van der Waals surface area (Å²) in [4.78, 5) is 20.8. The number of halogens is 4. The van der Waals surface area contributed by atoms with Gasteiger partial charge >= 0.3 is 6.18 Å². The average Bonchev–Trinajstić information content (AvgIpc) is 2.98. The van der Waals surface area contributed by atoms with E-state index in [1.165, 1.54) is 7.05 Å². The van der Waals surface area contributed by atoms with Gasteiger partial charge in [-0.05, 0) is 6.42 Å². The monoisotopic (exact) mass is 519 g/mol. The zero-order valence-electron chi connectivity index (χ0n) is 15.9. The molecule has 2 N–H and O–H groups in total. The number of guanidine groups is 1. The number of aromatic nitrogens is 3. The summed E-state index contributed by atoms with van der Waals surface area (Å²) in [6.45, 7) is -0.671. The zero-order chi connectivity index (χ0) is 20.0. The predicted molar refractivity (Wildman–Crippen MR) is 106 cm³/mol. The summed E-state index contributed by atoms with van der Waals surface area (Å²) in [5.41, 5.74) is 0. The molecule has 160 valence electrons. The van der Waals surface area contributed by atoms with Crippen LogP contribution in [0.1, 0.15) is 18.1 Å². The molecule has 0 aliphatic carbocycles. The zero-order valence-corrected chi connectivity index (χ0v) is 18.2. The largest absolute Gasteiger partial charge is 0.406 e. The van der Waals surface area contributed by atoms with Crippen LogP contribution < -0.4 is 10.6 Å². The Morgan fingerprint density at radius 2 is 2.18 bits per heavy atom. The molecule has 2 rings (SSSR count). The molecular formula is C15H25F3IN7O2. The number of hydrogen-bond donors (Lipinski definition) is 2. The number of nitrogens with one attached hydrogen (secondary N) is 2. The van der Waals surface area contributed by atoms with Crippen molar-refractivity contribution in [1.29, 1.82) is 0 Å². The molecule has 0 saturated carbocycles. The molecule has 0 spiro atoms. The van der Waals surface area contributed by atoms with E-state index in [1.807, 2.05) is 0 Å². The number of aryl methyl sites for hydroxylation is 1. The molecule has 0 fully saturated rings. The van der Waals surface area contributed by atoms with E-state index in [4.69, 9.17) is 4.74 Å². The van der Waals surface area contributed by atoms with E-state index in [1.54, 1.807) is 11.8 Å². The Bertz CT molecular complexity index is 681. The fourth-order valence-corrected chi connectivity index (χ4v) is 2.71. The van der Waals surface area contributed by atoms with Gasteiger partial charge in [-0.25, -0.2) is 9.67 Å². The first kappa shape index (κ1) is 24.4. The fraction of sp³-hybridized carbons (Fsp3) is 0.733. The van der Waals surface area contributed by atoms with Gasteiger partial charge in [-0.1, -0.05) is 0 Å². The van der Waals surface area contributed by atoms with Crippen molar-refractivity contribution in [2.45, 2.75) is 38.2 Å². The van der Waals surface area contributed by atoms with Crippen molar-refractivity contribution in [2.24, 2.45) is 4.99 Å². The summed E-state index contributed by atoms with van der Waals surface area (Å²) >= 11 is 0. The number of carbonyl (C=O) groups excluding carboxylic acids is 1. The van der Waals surface area contributed by atoms with Gasteiger partial charge in [-0.3, -0.25) is 9.79 Å². The van der Waals surface area contributed by atoms with Crippen molar-refractivity contribution in [3.05, 3.63) is 11.6 Å². The van der Waals surface area contributed by atoms with E-state index in [9.17, 15) is 18.0 Å². The molecule has 0 aromatic carbocycles. The van der Waals surface area contributed by atoms with Gasteiger partial charge in [-0.2, -0.15) is 18.3 Å². The summed E-state index contributed by atoms with van der Waals surface area (Å²) in [5, 5.41) is 10.3. The van der Waals surface area contributed by atoms with Crippen molar-refractivity contribution < 1.29 is 22.7 Å². The van der Waals surface area contributed by atoms with Gasteiger partial charge in [0.1, 0.15) is 19.0 Å². The molecule has 0 saturated heterocycles. The summed E-state index contributed by atoms with van der Waals surface area (Å²) < 4.78 is 43.8. The van der Waals surface area contributed by atoms with Crippen molar-refractivity contribution in [1.82, 2.24) is 30.3 Å². The second-order valence-corrected chi connectivity index (χ2v) is 6.23. The van der Waals surface area contributed by atoms with E-state index in [0.717, 1.165) is 25.7 Å². The van der Waals surface area contributed by atoms with Crippen LogP contribution in [0.3, 0.4) is 0 Å². The van der Waals surface area contributed by atoms with Crippen LogP contribution in [0.25, 0.3) is 0 Å². The molecule has 9 nitrogen and oxygen atoms in total. The molecule has 1 aromatic rings. The Labute approximate surface area is 178 Å². The second kappa shape index (κ2) is 10.8. The van der Waals surface area contributed by atoms with Gasteiger partial charge in [-0.15, -0.1) is 24.0 Å². The molecule has 1 amide bonds. The van der Waals surface area contributed by atoms with E-state index >= 15 is 0 Å². The number of aliphatic imine (C=N–C) groups is 1. The summed E-state index contributed by atoms with van der Waals surface area (Å²) in [6.07, 6.45) is -2.92. The maximum Gasteiger partial charge on any atom is 0.406 e. The molecule has 1 aromatic heterocycles. The number of nitrogens with zero attached hydrogens (tertiary/aromatic N) is 5. The van der Waals surface area contributed by atoms with Crippen LogP contribution in [-0.4, -0.2) is 78.0 Å². The standard InChI is InChI=1S/C15H24F3N7O2.HI/c1-19-14(20-6-13(26)24(2)9-15(16,17)18)21-10-4-5-12-22-11(8-27-3)23-25(12)7-10;/h10H,4-9H2,1-3H3,(H2,19,20,21);1H. The van der Waals surface area contributed by atoms with Gasteiger partial charge < -0.3 is 20.3 Å². The first-order valence-corrected chi connectivity index (χ1v) is 8.41. The molecule has 0 radical (unpaired) electrons. The number of fused-ring (bicyclic) bond motifs is 1. The number of methoxy groups -OCH3 is 1. The number of amides is 1. The van der Waals surface area contributed by atoms with Crippen LogP contribution >= 0.6 is 24.0 Å². The summed E-state index contributed by atoms with van der Waals surface area (Å²) in [5.74, 6) is 1.16. The smallest absolute Gasteiger partial charge is 0.377 e. The van der Waals surface area contributed by atoms with Crippen molar-refractivity contribution in [3.63, 3.8) is 0 Å². The first-order chi connectivity index (χ1) is 12.7. The third kappa shape index (κ3) is 7.41. The van der Waals surface area contributed by atoms with Gasteiger partial charge in [0.2, 0.25) is 5.91 Å². The lowest BCUT2D eigenvalue weighted by molar-refractivity contribution is -0.157. The van der Waals surface area contributed by atoms with Crippen LogP contribution in [-0.2, 0) is 29.1 Å². The Morgan fingerprint density at radius 1 is 1.46 bits per heavy atom. The van der Waals surface area contributed by atoms with Crippen LogP contribution in [0.2, 0.25) is 0 Å². The Balaban J connectivity index is 0.00000392. The molecule has 2 heterocycles. The average molecular weight is 519 g/mol. The lowest BCUT2D eigenvalue weighted by Gasteiger charge is -2.26. The minimum absolute atomic E-state index is 0. The maximum absolute atomic E-state index is 12.3. The topological polar surface area (TPSA) is 96.7 Å². The fourth-order valence-electron chi connectivity index (χ4n) is 2.71. The molecule has 28 heavy (non-hydrogen) atoms. The Hall–Kier alpha value is -1.64. The molecule has 13 heteroatoms. The number of alkyl halides is 3. The highest BCUT2D eigenvalue weighted by atomic mass is 127. The summed E-state index contributed by atoms with van der Waals surface area (Å²) in [7, 11) is 4.21. The van der Waals surface area contributed by atoms with Crippen molar-refractivity contribution in [3.8, 4) is 0 Å². The Kier molecular flexibility index (Phi) is 9.39. The van der Waals surface area contributed by atoms with Crippen LogP contribution in [0.5, 0.6) is 0 Å². The minimum atomic E-state index is -4.43. The van der Waals surface area contributed by atoms with Gasteiger partial charge in [0.25, 0.3) is 0 Å². The molecular weight excluding hydrogens is 494 g/mol. The molecule has 1 atom stereocenters. The normalized spacial score (nSPS) is 16.8. The van der Waals surface area contributed by atoms with E-state index < -0.39 is 18.6 Å². The highest BCUT2D eigenvalue weighted by Crippen LogP contribution is 2.15. The number of rotatable bonds is 6. The van der Waals surface area contributed by atoms with E-state index in [0.29, 0.717) is 29.8 Å². The number of carbonyl (C=O) groups is 1. The third-order valence-electron chi connectivity index (χ3n) is 3.99. The van der Waals surface area contributed by atoms with Crippen molar-refractivity contribution in [2.75, 3.05) is 34.3 Å². The number of hydrogen-bond acceptors (Lipinski definition) is 5. The quantitative estimate of drug-likeness (QED) is 0.324. The molecule has 1 aliphatic rings. The second-order valence-electron chi connectivity index (χ2n) is 6.23. The lowest BCUT2D eigenvalue weighted by Crippen LogP contribution is -2.50. The number of ether oxygens (including phenoxy) is 1. The molecule has 1 aliphatic heterocycles. The minimum Gasteiger partial charge on any atom is -0.377 e. The predicted octanol–water partition coefficient (Wildman–Crippen LogP) is 0.543. The number of likely N-dealkylation sites (N-methyl/N-ethyl adjacent to an activating group) is 1. The van der Waals surface area contributed by atoms with Crippen LogP contribution in [0.15, 0.2) is 4.99 Å². The Morgan fingerprint density at radius 3 is 2.79 bits per heavy atom.